The average molecular weight is 603 g/mol. The van der Waals surface area contributed by atoms with Gasteiger partial charge in [-0.2, -0.15) is 0 Å². The number of aromatic nitrogens is 6. The summed E-state index contributed by atoms with van der Waals surface area (Å²) in [6, 6.07) is 10.9. The summed E-state index contributed by atoms with van der Waals surface area (Å²) in [4.78, 5) is 29.0. The van der Waals surface area contributed by atoms with Crippen LogP contribution < -0.4 is 26.7 Å². The first-order valence-corrected chi connectivity index (χ1v) is 14.3. The van der Waals surface area contributed by atoms with Crippen LogP contribution in [0, 0.1) is 23.7 Å². The molecule has 4 unspecified atom stereocenters. The summed E-state index contributed by atoms with van der Waals surface area (Å²) in [6.45, 7) is 4.54. The monoisotopic (exact) mass is 602 g/mol. The predicted molar refractivity (Wildman–Crippen MR) is 170 cm³/mol. The Labute approximate surface area is 256 Å². The minimum atomic E-state index is -1.42. The van der Waals surface area contributed by atoms with Crippen molar-refractivity contribution in [2.45, 2.75) is 20.3 Å². The summed E-state index contributed by atoms with van der Waals surface area (Å²) in [5.74, 6) is 7.11. The fourth-order valence-corrected chi connectivity index (χ4v) is 5.63. The zero-order chi connectivity index (χ0) is 29.2. The largest absolute Gasteiger partial charge is 0.490 e. The molecule has 2 aliphatic carbocycles. The van der Waals surface area contributed by atoms with Crippen molar-refractivity contribution >= 4 is 47.5 Å². The van der Waals surface area contributed by atoms with E-state index in [1.54, 1.807) is 24.4 Å². The zero-order valence-electron chi connectivity index (χ0n) is 22.9. The van der Waals surface area contributed by atoms with Crippen LogP contribution in [0.5, 0.6) is 0 Å². The van der Waals surface area contributed by atoms with Crippen molar-refractivity contribution in [2.75, 3.05) is 47.4 Å². The lowest BCUT2D eigenvalue weighted by molar-refractivity contribution is 0.425. The summed E-state index contributed by atoms with van der Waals surface area (Å²) in [6.07, 6.45) is 9.32. The molecule has 2 saturated heterocycles. The standard InChI is InChI=1S/C14H15N5.C10H13BN2O2.C4H4ClN3.CH4/c15-12-3-4-16-14(18-12)9-1-2-13(17-6-9)19-7-10-5-11(10)8-19;14-11(15)9-1-2-10(12-4-9)13-5-7-3-8(7)6-13;5-4-7-2-1-3(6)8-4;/h1-4,6,10-11H,5,7-8H2,(H2,15,16,18);1-2,4,7-8,14-15H,3,5-6H2;1-2H,(H2,6,7,8);1H4. The van der Waals surface area contributed by atoms with Crippen LogP contribution in [0.25, 0.3) is 11.4 Å². The lowest BCUT2D eigenvalue weighted by Crippen LogP contribution is -2.31. The smallest absolute Gasteiger partial charge is 0.423 e. The predicted octanol–water partition coefficient (Wildman–Crippen LogP) is 2.14. The summed E-state index contributed by atoms with van der Waals surface area (Å²) in [7, 11) is -1.42. The highest BCUT2D eigenvalue weighted by Crippen LogP contribution is 2.46. The molecule has 0 aromatic carbocycles. The number of piperidine rings is 2. The van der Waals surface area contributed by atoms with Crippen molar-refractivity contribution in [1.29, 1.82) is 0 Å². The normalized spacial score (nSPS) is 22.1. The summed E-state index contributed by atoms with van der Waals surface area (Å²) >= 11 is 5.34. The maximum Gasteiger partial charge on any atom is 0.490 e. The van der Waals surface area contributed by atoms with Gasteiger partial charge >= 0.3 is 7.12 Å². The minimum Gasteiger partial charge on any atom is -0.423 e. The molecule has 8 rings (SSSR count). The van der Waals surface area contributed by atoms with Crippen LogP contribution in [-0.4, -0.2) is 73.2 Å². The molecular formula is C29H36BClN10O2. The molecule has 4 atom stereocenters. The van der Waals surface area contributed by atoms with Crippen LogP contribution in [0.4, 0.5) is 23.3 Å². The first-order valence-electron chi connectivity index (χ1n) is 13.9. The highest BCUT2D eigenvalue weighted by molar-refractivity contribution is 6.58. The van der Waals surface area contributed by atoms with Crippen LogP contribution in [0.2, 0.25) is 5.28 Å². The van der Waals surface area contributed by atoms with E-state index in [-0.39, 0.29) is 12.7 Å². The van der Waals surface area contributed by atoms with E-state index in [4.69, 9.17) is 33.1 Å². The summed E-state index contributed by atoms with van der Waals surface area (Å²) in [5, 5.41) is 18.0. The fourth-order valence-electron chi connectivity index (χ4n) is 5.47. The van der Waals surface area contributed by atoms with E-state index in [0.717, 1.165) is 67.0 Å². The van der Waals surface area contributed by atoms with Crippen LogP contribution in [0.1, 0.15) is 20.3 Å². The van der Waals surface area contributed by atoms with E-state index >= 15 is 0 Å². The van der Waals surface area contributed by atoms with Crippen LogP contribution in [0.15, 0.2) is 61.2 Å². The van der Waals surface area contributed by atoms with Gasteiger partial charge < -0.3 is 31.3 Å². The van der Waals surface area contributed by atoms with Crippen molar-refractivity contribution in [3.63, 3.8) is 0 Å². The Morgan fingerprint density at radius 1 is 0.698 bits per heavy atom. The van der Waals surface area contributed by atoms with Gasteiger partial charge in [-0.3, -0.25) is 0 Å². The molecule has 0 radical (unpaired) electrons. The van der Waals surface area contributed by atoms with Gasteiger partial charge in [0, 0.05) is 62.0 Å². The SMILES string of the molecule is C.Nc1ccnc(-c2ccc(N3CC4CC4C3)nc2)n1.Nc1ccnc(Cl)n1.OB(O)c1ccc(N2CC3CC3C2)nc1. The van der Waals surface area contributed by atoms with Crippen molar-refractivity contribution in [1.82, 2.24) is 29.9 Å². The molecule has 2 saturated carbocycles. The third-order valence-corrected chi connectivity index (χ3v) is 8.19. The second-order valence-electron chi connectivity index (χ2n) is 11.1. The zero-order valence-corrected chi connectivity index (χ0v) is 23.7. The van der Waals surface area contributed by atoms with Crippen LogP contribution >= 0.6 is 11.6 Å². The third kappa shape index (κ3) is 7.67. The molecule has 2 aliphatic heterocycles. The molecule has 0 amide bonds. The molecule has 4 aliphatic rings. The molecule has 6 heterocycles. The number of fused-ring (bicyclic) bond motifs is 2. The van der Waals surface area contributed by atoms with Gasteiger partial charge in [0.1, 0.15) is 23.3 Å². The van der Waals surface area contributed by atoms with E-state index in [1.165, 1.54) is 25.2 Å². The number of hydrogen-bond acceptors (Lipinski definition) is 12. The Morgan fingerprint density at radius 2 is 1.23 bits per heavy atom. The van der Waals surface area contributed by atoms with E-state index in [1.807, 2.05) is 24.4 Å². The van der Waals surface area contributed by atoms with Gasteiger partial charge in [-0.25, -0.2) is 29.9 Å². The molecule has 6 N–H and O–H groups in total. The van der Waals surface area contributed by atoms with Crippen molar-refractivity contribution in [3.05, 3.63) is 66.5 Å². The second kappa shape index (κ2) is 13.1. The molecule has 4 aromatic heterocycles. The Morgan fingerprint density at radius 3 is 1.65 bits per heavy atom. The first-order chi connectivity index (χ1) is 20.3. The maximum absolute atomic E-state index is 8.93. The number of anilines is 4. The van der Waals surface area contributed by atoms with Gasteiger partial charge in [0.25, 0.3) is 0 Å². The van der Waals surface area contributed by atoms with Gasteiger partial charge in [-0.05, 0) is 78.4 Å². The third-order valence-electron chi connectivity index (χ3n) is 8.01. The van der Waals surface area contributed by atoms with E-state index < -0.39 is 7.12 Å². The number of nitrogen functional groups attached to an aromatic ring is 2. The number of rotatable bonds is 4. The topological polar surface area (TPSA) is 176 Å². The van der Waals surface area contributed by atoms with Gasteiger partial charge in [0.05, 0.1) is 0 Å². The maximum atomic E-state index is 8.93. The number of nitrogens with zero attached hydrogens (tertiary/aromatic N) is 8. The van der Waals surface area contributed by atoms with Crippen molar-refractivity contribution in [2.24, 2.45) is 23.7 Å². The second-order valence-corrected chi connectivity index (χ2v) is 11.4. The van der Waals surface area contributed by atoms with Gasteiger partial charge in [-0.15, -0.1) is 0 Å². The molecule has 224 valence electrons. The molecule has 0 bridgehead atoms. The van der Waals surface area contributed by atoms with E-state index in [0.29, 0.717) is 22.9 Å². The highest BCUT2D eigenvalue weighted by atomic mass is 35.5. The molecule has 43 heavy (non-hydrogen) atoms. The quantitative estimate of drug-likeness (QED) is 0.198. The van der Waals surface area contributed by atoms with E-state index in [2.05, 4.69) is 39.7 Å². The Bertz CT molecular complexity index is 1480. The fraction of sp³-hybridized carbons (Fsp3) is 0.379. The average Bonchev–Trinajstić information content (AvgIpc) is 3.83. The van der Waals surface area contributed by atoms with Crippen molar-refractivity contribution < 1.29 is 10.0 Å². The van der Waals surface area contributed by atoms with Crippen molar-refractivity contribution in [3.8, 4) is 11.4 Å². The highest BCUT2D eigenvalue weighted by Gasteiger charge is 2.46. The Balaban J connectivity index is 0.000000137. The molecule has 0 spiro atoms. The number of nitrogens with two attached hydrogens (primary N) is 2. The number of pyridine rings is 2. The molecule has 14 heteroatoms. The molecule has 12 nitrogen and oxygen atoms in total. The summed E-state index contributed by atoms with van der Waals surface area (Å²) in [5.41, 5.74) is 12.2. The summed E-state index contributed by atoms with van der Waals surface area (Å²) < 4.78 is 0. The minimum absolute atomic E-state index is 0. The molecular weight excluding hydrogens is 567 g/mol. The first kappa shape index (κ1) is 30.4. The van der Waals surface area contributed by atoms with Gasteiger partial charge in [0.2, 0.25) is 5.28 Å². The lowest BCUT2D eigenvalue weighted by Gasteiger charge is -2.18. The number of halogens is 1. The van der Waals surface area contributed by atoms with Crippen LogP contribution in [-0.2, 0) is 0 Å². The molecule has 4 fully saturated rings. The van der Waals surface area contributed by atoms with Gasteiger partial charge in [-0.1, -0.05) is 13.5 Å². The van der Waals surface area contributed by atoms with E-state index in [9.17, 15) is 0 Å². The van der Waals surface area contributed by atoms with Crippen LogP contribution in [0.3, 0.4) is 0 Å². The Kier molecular flexibility index (Phi) is 9.24. The van der Waals surface area contributed by atoms with Gasteiger partial charge in [0.15, 0.2) is 5.82 Å². The Hall–Kier alpha value is -4.07. The molecule has 4 aromatic rings. The number of hydrogen-bond donors (Lipinski definition) is 4. The lowest BCUT2D eigenvalue weighted by atomic mass is 9.82.